The highest BCUT2D eigenvalue weighted by Gasteiger charge is 2.23. The molecule has 0 aromatic carbocycles. The van der Waals surface area contributed by atoms with Crippen molar-refractivity contribution >= 4 is 11.8 Å². The molecule has 6 nitrogen and oxygen atoms in total. The minimum absolute atomic E-state index is 0.0770. The zero-order chi connectivity index (χ0) is 13.8. The van der Waals surface area contributed by atoms with E-state index in [1.807, 2.05) is 0 Å². The topological polar surface area (TPSA) is 111 Å². The van der Waals surface area contributed by atoms with Crippen LogP contribution in [-0.2, 0) is 11.3 Å². The Morgan fingerprint density at radius 2 is 2.11 bits per heavy atom. The number of primary amides is 1. The molecule has 1 aromatic heterocycles. The van der Waals surface area contributed by atoms with Gasteiger partial charge in [-0.2, -0.15) is 0 Å². The Balaban J connectivity index is 2.78. The number of carbonyl (C=O) groups excluding carboxylic acids is 2. The van der Waals surface area contributed by atoms with Crippen LogP contribution in [0.15, 0.2) is 18.3 Å². The molecule has 0 aliphatic heterocycles. The van der Waals surface area contributed by atoms with Gasteiger partial charge in [-0.15, -0.1) is 0 Å². The minimum Gasteiger partial charge on any atom is -0.370 e. The van der Waals surface area contributed by atoms with Gasteiger partial charge in [0.05, 0.1) is 5.69 Å². The fourth-order valence-corrected chi connectivity index (χ4v) is 1.59. The van der Waals surface area contributed by atoms with Crippen LogP contribution >= 0.6 is 0 Å². The zero-order valence-corrected chi connectivity index (χ0v) is 10.6. The van der Waals surface area contributed by atoms with Gasteiger partial charge in [0.15, 0.2) is 0 Å². The number of nitrogens with one attached hydrogen (secondary N) is 1. The van der Waals surface area contributed by atoms with Gasteiger partial charge in [-0.05, 0) is 26.0 Å². The molecule has 1 aromatic rings. The van der Waals surface area contributed by atoms with Crippen molar-refractivity contribution in [3.05, 3.63) is 29.6 Å². The zero-order valence-electron chi connectivity index (χ0n) is 10.6. The molecule has 98 valence electrons. The Labute approximate surface area is 106 Å². The van der Waals surface area contributed by atoms with E-state index in [1.165, 1.54) is 6.20 Å². The van der Waals surface area contributed by atoms with Crippen molar-refractivity contribution in [1.82, 2.24) is 10.3 Å². The van der Waals surface area contributed by atoms with E-state index in [1.54, 1.807) is 26.0 Å². The third kappa shape index (κ3) is 4.14. The number of hydrogen-bond donors (Lipinski definition) is 3. The van der Waals surface area contributed by atoms with Crippen molar-refractivity contribution in [1.29, 1.82) is 0 Å². The molecule has 18 heavy (non-hydrogen) atoms. The Kier molecular flexibility index (Phi) is 4.38. The lowest BCUT2D eigenvalue weighted by molar-refractivity contribution is -0.119. The maximum absolute atomic E-state index is 12.0. The first-order valence-corrected chi connectivity index (χ1v) is 5.60. The lowest BCUT2D eigenvalue weighted by Gasteiger charge is -2.24. The normalized spacial score (nSPS) is 11.1. The number of nitrogens with two attached hydrogens (primary N) is 2. The van der Waals surface area contributed by atoms with Gasteiger partial charge in [-0.3, -0.25) is 14.6 Å². The summed E-state index contributed by atoms with van der Waals surface area (Å²) in [7, 11) is 0. The monoisotopic (exact) mass is 250 g/mol. The van der Waals surface area contributed by atoms with Crippen LogP contribution in [0.4, 0.5) is 0 Å². The number of aromatic nitrogens is 1. The molecule has 0 fully saturated rings. The summed E-state index contributed by atoms with van der Waals surface area (Å²) in [5.74, 6) is -0.740. The van der Waals surface area contributed by atoms with Gasteiger partial charge in [0.2, 0.25) is 5.91 Å². The molecule has 0 atom stereocenters. The summed E-state index contributed by atoms with van der Waals surface area (Å²) in [4.78, 5) is 26.9. The highest BCUT2D eigenvalue weighted by Crippen LogP contribution is 2.10. The summed E-state index contributed by atoms with van der Waals surface area (Å²) in [6.45, 7) is 3.74. The van der Waals surface area contributed by atoms with Gasteiger partial charge in [-0.25, -0.2) is 0 Å². The largest absolute Gasteiger partial charge is 0.370 e. The lowest BCUT2D eigenvalue weighted by Crippen LogP contribution is -2.46. The van der Waals surface area contributed by atoms with Crippen molar-refractivity contribution < 1.29 is 9.59 Å². The van der Waals surface area contributed by atoms with Crippen LogP contribution in [0, 0.1) is 0 Å². The molecule has 2 amide bonds. The number of amides is 2. The van der Waals surface area contributed by atoms with Gasteiger partial charge in [-0.1, -0.05) is 0 Å². The van der Waals surface area contributed by atoms with E-state index in [2.05, 4.69) is 10.3 Å². The summed E-state index contributed by atoms with van der Waals surface area (Å²) in [5.41, 5.74) is 11.0. The molecule has 0 saturated heterocycles. The molecule has 0 saturated carbocycles. The van der Waals surface area contributed by atoms with E-state index < -0.39 is 11.4 Å². The van der Waals surface area contributed by atoms with Crippen molar-refractivity contribution in [2.24, 2.45) is 11.5 Å². The quantitative estimate of drug-likeness (QED) is 0.678. The summed E-state index contributed by atoms with van der Waals surface area (Å²) in [5, 5.41) is 2.75. The van der Waals surface area contributed by atoms with E-state index in [4.69, 9.17) is 11.5 Å². The van der Waals surface area contributed by atoms with Gasteiger partial charge >= 0.3 is 0 Å². The summed E-state index contributed by atoms with van der Waals surface area (Å²) >= 11 is 0. The fraction of sp³-hybridized carbons (Fsp3) is 0.417. The van der Waals surface area contributed by atoms with Crippen LogP contribution in [0.25, 0.3) is 0 Å². The smallest absolute Gasteiger partial charge is 0.251 e. The van der Waals surface area contributed by atoms with Crippen molar-refractivity contribution in [2.75, 3.05) is 0 Å². The number of hydrogen-bond acceptors (Lipinski definition) is 4. The predicted molar refractivity (Wildman–Crippen MR) is 67.5 cm³/mol. The molecular formula is C12H18N4O2. The number of rotatable bonds is 5. The van der Waals surface area contributed by atoms with E-state index in [9.17, 15) is 9.59 Å². The van der Waals surface area contributed by atoms with Crippen LogP contribution in [0.3, 0.4) is 0 Å². The van der Waals surface area contributed by atoms with Crippen LogP contribution in [0.1, 0.15) is 36.3 Å². The van der Waals surface area contributed by atoms with E-state index >= 15 is 0 Å². The molecule has 0 bridgehead atoms. The van der Waals surface area contributed by atoms with Crippen LogP contribution in [0.2, 0.25) is 0 Å². The number of carbonyl (C=O) groups is 2. The first-order valence-electron chi connectivity index (χ1n) is 5.60. The van der Waals surface area contributed by atoms with Crippen molar-refractivity contribution in [3.63, 3.8) is 0 Å². The van der Waals surface area contributed by atoms with Gasteiger partial charge < -0.3 is 16.8 Å². The summed E-state index contributed by atoms with van der Waals surface area (Å²) < 4.78 is 0. The molecule has 0 radical (unpaired) electrons. The highest BCUT2D eigenvalue weighted by atomic mass is 16.2. The fourth-order valence-electron chi connectivity index (χ4n) is 1.59. The second-order valence-corrected chi connectivity index (χ2v) is 4.72. The summed E-state index contributed by atoms with van der Waals surface area (Å²) in [6, 6.07) is 3.21. The Bertz CT molecular complexity index is 457. The third-order valence-corrected chi connectivity index (χ3v) is 2.36. The average molecular weight is 250 g/mol. The minimum atomic E-state index is -0.685. The first kappa shape index (κ1) is 14.1. The second-order valence-electron chi connectivity index (χ2n) is 4.72. The molecule has 0 aliphatic rings. The molecule has 0 aliphatic carbocycles. The van der Waals surface area contributed by atoms with Crippen LogP contribution < -0.4 is 16.8 Å². The van der Waals surface area contributed by atoms with E-state index in [0.717, 1.165) is 0 Å². The Morgan fingerprint density at radius 1 is 1.44 bits per heavy atom. The highest BCUT2D eigenvalue weighted by molar-refractivity contribution is 5.95. The number of pyridine rings is 1. The second kappa shape index (κ2) is 5.59. The molecular weight excluding hydrogens is 232 g/mol. The SMILES string of the molecule is CC(C)(CC(N)=O)NC(=O)c1ccnc(CN)c1. The predicted octanol–water partition coefficient (Wildman–Crippen LogP) is -0.0759. The van der Waals surface area contributed by atoms with E-state index in [0.29, 0.717) is 11.3 Å². The first-order chi connectivity index (χ1) is 8.34. The molecule has 5 N–H and O–H groups in total. The Hall–Kier alpha value is -1.95. The van der Waals surface area contributed by atoms with E-state index in [-0.39, 0.29) is 18.9 Å². The lowest BCUT2D eigenvalue weighted by atomic mass is 9.99. The van der Waals surface area contributed by atoms with Crippen LogP contribution in [0.5, 0.6) is 0 Å². The third-order valence-electron chi connectivity index (χ3n) is 2.36. The maximum Gasteiger partial charge on any atom is 0.251 e. The van der Waals surface area contributed by atoms with Crippen molar-refractivity contribution in [2.45, 2.75) is 32.4 Å². The summed E-state index contributed by atoms with van der Waals surface area (Å²) in [6.07, 6.45) is 1.60. The molecule has 1 rings (SSSR count). The number of nitrogens with zero attached hydrogens (tertiary/aromatic N) is 1. The van der Waals surface area contributed by atoms with Crippen molar-refractivity contribution in [3.8, 4) is 0 Å². The standard InChI is InChI=1S/C12H18N4O2/c1-12(2,6-10(14)17)16-11(18)8-3-4-15-9(5-8)7-13/h3-5H,6-7,13H2,1-2H3,(H2,14,17)(H,16,18). The molecule has 6 heteroatoms. The Morgan fingerprint density at radius 3 is 2.67 bits per heavy atom. The molecule has 1 heterocycles. The van der Waals surface area contributed by atoms with Gasteiger partial charge in [0.25, 0.3) is 5.91 Å². The maximum atomic E-state index is 12.0. The molecule has 0 spiro atoms. The van der Waals surface area contributed by atoms with Gasteiger partial charge in [0, 0.05) is 30.3 Å². The van der Waals surface area contributed by atoms with Gasteiger partial charge in [0.1, 0.15) is 0 Å². The average Bonchev–Trinajstić information content (AvgIpc) is 2.26. The van der Waals surface area contributed by atoms with Crippen LogP contribution in [-0.4, -0.2) is 22.3 Å². The molecule has 0 unspecified atom stereocenters.